The van der Waals surface area contributed by atoms with Gasteiger partial charge in [-0.15, -0.1) is 0 Å². The molecule has 0 aliphatic carbocycles. The molecule has 1 aromatic rings. The zero-order chi connectivity index (χ0) is 28.1. The van der Waals surface area contributed by atoms with E-state index < -0.39 is 0 Å². The van der Waals surface area contributed by atoms with Crippen molar-refractivity contribution in [2.24, 2.45) is 0 Å². The number of unbranched alkanes of at least 4 members (excludes halogenated alkanes) is 25. The van der Waals surface area contributed by atoms with Gasteiger partial charge in [0.1, 0.15) is 12.4 Å². The summed E-state index contributed by atoms with van der Waals surface area (Å²) in [7, 11) is 0. The fourth-order valence-electron chi connectivity index (χ4n) is 6.15. The number of aromatic nitrogens is 2. The van der Waals surface area contributed by atoms with Crippen LogP contribution in [0.4, 0.5) is 0 Å². The van der Waals surface area contributed by atoms with E-state index in [1.54, 1.807) is 5.82 Å². The molecule has 0 aliphatic rings. The zero-order valence-electron chi connectivity index (χ0n) is 27.5. The van der Waals surface area contributed by atoms with E-state index in [2.05, 4.69) is 42.3 Å². The van der Waals surface area contributed by atoms with Crippen LogP contribution in [0.1, 0.15) is 206 Å². The fraction of sp³-hybridized carbons (Fsp3) is 0.919. The number of hydrogen-bond acceptors (Lipinski definition) is 0. The Morgan fingerprint density at radius 2 is 0.795 bits per heavy atom. The minimum atomic E-state index is 1.23. The van der Waals surface area contributed by atoms with Gasteiger partial charge < -0.3 is 0 Å². The van der Waals surface area contributed by atoms with Crippen LogP contribution in [0.3, 0.4) is 0 Å². The van der Waals surface area contributed by atoms with E-state index in [-0.39, 0.29) is 0 Å². The average molecular weight is 546 g/mol. The quantitative estimate of drug-likeness (QED) is 0.0648. The van der Waals surface area contributed by atoms with Crippen molar-refractivity contribution in [2.45, 2.75) is 220 Å². The van der Waals surface area contributed by atoms with Crippen LogP contribution in [0.15, 0.2) is 12.4 Å². The highest BCUT2D eigenvalue weighted by atomic mass is 15.1. The van der Waals surface area contributed by atoms with Gasteiger partial charge in [0.25, 0.3) is 5.82 Å². The van der Waals surface area contributed by atoms with Crippen molar-refractivity contribution in [2.75, 3.05) is 0 Å². The first kappa shape index (κ1) is 36.2. The summed E-state index contributed by atoms with van der Waals surface area (Å²) in [5.74, 6) is 1.62. The van der Waals surface area contributed by atoms with Gasteiger partial charge in [-0.2, -0.15) is 0 Å². The molecule has 2 nitrogen and oxygen atoms in total. The Kier molecular flexibility index (Phi) is 26.7. The summed E-state index contributed by atoms with van der Waals surface area (Å²) in [5, 5.41) is 0. The predicted octanol–water partition coefficient (Wildman–Crippen LogP) is 12.3. The van der Waals surface area contributed by atoms with Crippen LogP contribution in [0, 0.1) is 0 Å². The van der Waals surface area contributed by atoms with Crippen molar-refractivity contribution in [3.05, 3.63) is 18.2 Å². The van der Waals surface area contributed by atoms with Crippen molar-refractivity contribution in [3.8, 4) is 0 Å². The van der Waals surface area contributed by atoms with E-state index in [9.17, 15) is 0 Å². The molecule has 0 saturated carbocycles. The first-order valence-corrected chi connectivity index (χ1v) is 18.4. The number of aryl methyl sites for hydroxylation is 2. The van der Waals surface area contributed by atoms with Crippen LogP contribution >= 0.6 is 0 Å². The molecule has 39 heavy (non-hydrogen) atoms. The maximum absolute atomic E-state index is 2.63. The van der Waals surface area contributed by atoms with Crippen LogP contribution in [-0.4, -0.2) is 4.57 Å². The van der Waals surface area contributed by atoms with Gasteiger partial charge in [0.05, 0.1) is 13.1 Å². The fourth-order valence-corrected chi connectivity index (χ4v) is 6.15. The molecule has 1 aromatic heterocycles. The topological polar surface area (TPSA) is 8.81 Å². The summed E-state index contributed by atoms with van der Waals surface area (Å²) < 4.78 is 5.25. The minimum absolute atomic E-state index is 1.23. The molecular formula is C37H73N2+. The highest BCUT2D eigenvalue weighted by Crippen LogP contribution is 2.14. The molecule has 0 amide bonds. The van der Waals surface area contributed by atoms with Crippen LogP contribution in [0.5, 0.6) is 0 Å². The van der Waals surface area contributed by atoms with Crippen LogP contribution in [0.25, 0.3) is 0 Å². The summed E-state index contributed by atoms with van der Waals surface area (Å²) in [4.78, 5) is 0. The lowest BCUT2D eigenvalue weighted by Gasteiger charge is -2.07. The molecule has 1 rings (SSSR count). The smallest absolute Gasteiger partial charge is 0.234 e. The lowest BCUT2D eigenvalue weighted by molar-refractivity contribution is -0.704. The highest BCUT2D eigenvalue weighted by Gasteiger charge is 2.16. The van der Waals surface area contributed by atoms with E-state index in [4.69, 9.17) is 0 Å². The molecule has 0 spiro atoms. The van der Waals surface area contributed by atoms with E-state index >= 15 is 0 Å². The van der Waals surface area contributed by atoms with Gasteiger partial charge in [-0.3, -0.25) is 0 Å². The molecule has 2 heteroatoms. The molecule has 0 N–H and O–H groups in total. The number of nitrogens with zero attached hydrogens (tertiary/aromatic N) is 2. The Hall–Kier alpha value is -0.790. The molecule has 0 saturated heterocycles. The third-order valence-corrected chi connectivity index (χ3v) is 8.85. The summed E-state index contributed by atoms with van der Waals surface area (Å²) in [6.45, 7) is 9.40. The molecule has 0 radical (unpaired) electrons. The number of imidazole rings is 1. The second-order valence-corrected chi connectivity index (χ2v) is 12.7. The lowest BCUT2D eigenvalue weighted by atomic mass is 10.1. The maximum Gasteiger partial charge on any atom is 0.256 e. The van der Waals surface area contributed by atoms with E-state index in [1.165, 1.54) is 199 Å². The second-order valence-electron chi connectivity index (χ2n) is 12.7. The monoisotopic (exact) mass is 546 g/mol. The van der Waals surface area contributed by atoms with Crippen LogP contribution in [-0.2, 0) is 19.5 Å². The third-order valence-electron chi connectivity index (χ3n) is 8.85. The van der Waals surface area contributed by atoms with Crippen molar-refractivity contribution in [3.63, 3.8) is 0 Å². The standard InChI is InChI=1S/C37H73N2/c1-4-7-10-13-16-18-19-20-22-25-28-31-34-39-36-35-38(33-30-27-24-21-17-14-11-8-5-2)37(39)32-29-26-23-15-12-9-6-3/h35-36H,4-34H2,1-3H3/q+1. The lowest BCUT2D eigenvalue weighted by Crippen LogP contribution is -2.37. The second kappa shape index (κ2) is 28.7. The SMILES string of the molecule is CCCCCCCCCCCCCC[n+]1ccn(CCCCCCCCCCC)c1CCCCCCCCC. The van der Waals surface area contributed by atoms with Gasteiger partial charge in [-0.05, 0) is 32.1 Å². The Morgan fingerprint density at radius 1 is 0.436 bits per heavy atom. The predicted molar refractivity (Wildman–Crippen MR) is 175 cm³/mol. The van der Waals surface area contributed by atoms with Gasteiger partial charge in [-0.25, -0.2) is 9.13 Å². The Bertz CT molecular complexity index is 605. The zero-order valence-corrected chi connectivity index (χ0v) is 27.5. The first-order chi connectivity index (χ1) is 19.3. The summed E-state index contributed by atoms with van der Waals surface area (Å²) in [6, 6.07) is 0. The molecule has 0 fully saturated rings. The van der Waals surface area contributed by atoms with Crippen molar-refractivity contribution in [1.82, 2.24) is 4.57 Å². The van der Waals surface area contributed by atoms with Gasteiger partial charge in [0.15, 0.2) is 0 Å². The summed E-state index contributed by atoms with van der Waals surface area (Å²) in [6.07, 6.45) is 45.9. The van der Waals surface area contributed by atoms with Gasteiger partial charge in [-0.1, -0.05) is 168 Å². The number of hydrogen-bond donors (Lipinski definition) is 0. The van der Waals surface area contributed by atoms with Gasteiger partial charge in [0.2, 0.25) is 0 Å². The minimum Gasteiger partial charge on any atom is -0.234 e. The third kappa shape index (κ3) is 21.6. The van der Waals surface area contributed by atoms with Crippen molar-refractivity contribution in [1.29, 1.82) is 0 Å². The Balaban J connectivity index is 2.30. The number of rotatable bonds is 31. The molecule has 0 atom stereocenters. The van der Waals surface area contributed by atoms with E-state index in [0.29, 0.717) is 0 Å². The molecular weight excluding hydrogens is 472 g/mol. The Morgan fingerprint density at radius 3 is 1.23 bits per heavy atom. The summed E-state index contributed by atoms with van der Waals surface area (Å²) >= 11 is 0. The van der Waals surface area contributed by atoms with Crippen molar-refractivity contribution < 1.29 is 4.57 Å². The van der Waals surface area contributed by atoms with Crippen LogP contribution in [0.2, 0.25) is 0 Å². The van der Waals surface area contributed by atoms with Crippen molar-refractivity contribution >= 4 is 0 Å². The molecule has 230 valence electrons. The molecule has 0 aliphatic heterocycles. The summed E-state index contributed by atoms with van der Waals surface area (Å²) in [5.41, 5.74) is 0. The van der Waals surface area contributed by atoms with E-state index in [1.807, 2.05) is 0 Å². The van der Waals surface area contributed by atoms with Gasteiger partial charge >= 0.3 is 0 Å². The Labute approximate surface area is 247 Å². The van der Waals surface area contributed by atoms with Gasteiger partial charge in [0, 0.05) is 6.42 Å². The van der Waals surface area contributed by atoms with Crippen LogP contribution < -0.4 is 4.57 Å². The molecule has 1 heterocycles. The molecule has 0 unspecified atom stereocenters. The van der Waals surface area contributed by atoms with E-state index in [0.717, 1.165) is 0 Å². The molecule has 0 bridgehead atoms. The molecule has 0 aromatic carbocycles. The normalized spacial score (nSPS) is 11.6. The largest absolute Gasteiger partial charge is 0.256 e. The average Bonchev–Trinajstić information content (AvgIpc) is 3.33. The maximum atomic E-state index is 2.63. The highest BCUT2D eigenvalue weighted by molar-refractivity contribution is 4.84. The first-order valence-electron chi connectivity index (χ1n) is 18.4.